The van der Waals surface area contributed by atoms with Crippen molar-refractivity contribution in [1.82, 2.24) is 14.8 Å². The molecule has 0 aromatic carbocycles. The van der Waals surface area contributed by atoms with Crippen LogP contribution in [0.2, 0.25) is 0 Å². The van der Waals surface area contributed by atoms with E-state index in [1.165, 1.54) is 12.8 Å². The normalized spacial score (nSPS) is 14.8. The molecule has 3 rings (SSSR count). The molecule has 0 atom stereocenters. The molecule has 0 spiro atoms. The third-order valence-corrected chi connectivity index (χ3v) is 2.85. The Hall–Kier alpha value is -2.17. The van der Waals surface area contributed by atoms with E-state index in [0.29, 0.717) is 17.4 Å². The number of aromatic nitrogens is 3. The van der Waals surface area contributed by atoms with Gasteiger partial charge in [-0.25, -0.2) is 9.67 Å². The molecule has 2 aromatic rings. The molecule has 1 aliphatic rings. The molecule has 2 aromatic heterocycles. The third kappa shape index (κ3) is 1.91. The van der Waals surface area contributed by atoms with Gasteiger partial charge in [0.25, 0.3) is 0 Å². The maximum atomic E-state index is 7.36. The van der Waals surface area contributed by atoms with Gasteiger partial charge in [-0.3, -0.25) is 5.41 Å². The van der Waals surface area contributed by atoms with Crippen molar-refractivity contribution >= 4 is 5.84 Å². The average molecular weight is 227 g/mol. The van der Waals surface area contributed by atoms with Crippen LogP contribution < -0.4 is 5.73 Å². The van der Waals surface area contributed by atoms with Crippen molar-refractivity contribution in [2.75, 3.05) is 0 Å². The van der Waals surface area contributed by atoms with Crippen LogP contribution in [0.4, 0.5) is 0 Å². The monoisotopic (exact) mass is 227 g/mol. The number of nitrogens with one attached hydrogen (secondary N) is 1. The summed E-state index contributed by atoms with van der Waals surface area (Å²) in [6, 6.07) is 7.44. The van der Waals surface area contributed by atoms with Gasteiger partial charge in [0.2, 0.25) is 0 Å². The van der Waals surface area contributed by atoms with E-state index in [0.717, 1.165) is 5.69 Å². The Labute approximate surface area is 98.8 Å². The van der Waals surface area contributed by atoms with E-state index in [1.54, 1.807) is 10.7 Å². The zero-order valence-corrected chi connectivity index (χ0v) is 9.30. The fourth-order valence-electron chi connectivity index (χ4n) is 1.76. The molecule has 3 N–H and O–H groups in total. The molecule has 0 bridgehead atoms. The lowest BCUT2D eigenvalue weighted by atomic mass is 10.3. The first-order chi connectivity index (χ1) is 8.24. The van der Waals surface area contributed by atoms with E-state index in [4.69, 9.17) is 11.1 Å². The SMILES string of the molecule is N=C(N)c1cccc(-n2ccc(C3CC3)n2)n1. The molecule has 1 aliphatic carbocycles. The Balaban J connectivity index is 1.96. The number of rotatable bonds is 3. The summed E-state index contributed by atoms with van der Waals surface area (Å²) in [6.45, 7) is 0. The summed E-state index contributed by atoms with van der Waals surface area (Å²) in [7, 11) is 0. The zero-order valence-electron chi connectivity index (χ0n) is 9.30. The summed E-state index contributed by atoms with van der Waals surface area (Å²) in [5.74, 6) is 1.30. The van der Waals surface area contributed by atoms with Gasteiger partial charge in [0.05, 0.1) is 5.69 Å². The van der Waals surface area contributed by atoms with Crippen molar-refractivity contribution in [3.05, 3.63) is 41.9 Å². The van der Waals surface area contributed by atoms with Crippen LogP contribution in [0.15, 0.2) is 30.5 Å². The number of hydrogen-bond acceptors (Lipinski definition) is 3. The van der Waals surface area contributed by atoms with Gasteiger partial charge in [-0.1, -0.05) is 6.07 Å². The van der Waals surface area contributed by atoms with Crippen molar-refractivity contribution < 1.29 is 0 Å². The molecule has 0 amide bonds. The molecule has 0 unspecified atom stereocenters. The highest BCUT2D eigenvalue weighted by Gasteiger charge is 2.25. The molecule has 0 radical (unpaired) electrons. The molecule has 0 saturated heterocycles. The van der Waals surface area contributed by atoms with Crippen LogP contribution in [0.25, 0.3) is 5.82 Å². The lowest BCUT2D eigenvalue weighted by Crippen LogP contribution is -2.14. The number of nitrogens with zero attached hydrogens (tertiary/aromatic N) is 3. The minimum Gasteiger partial charge on any atom is -0.382 e. The third-order valence-electron chi connectivity index (χ3n) is 2.85. The van der Waals surface area contributed by atoms with Crippen LogP contribution in [0.5, 0.6) is 0 Å². The summed E-state index contributed by atoms with van der Waals surface area (Å²) in [5.41, 5.74) is 7.02. The Bertz CT molecular complexity index is 568. The fraction of sp³-hybridized carbons (Fsp3) is 0.250. The zero-order chi connectivity index (χ0) is 11.8. The van der Waals surface area contributed by atoms with Crippen LogP contribution in [0, 0.1) is 5.41 Å². The van der Waals surface area contributed by atoms with Crippen LogP contribution in [0.3, 0.4) is 0 Å². The Morgan fingerprint density at radius 3 is 2.88 bits per heavy atom. The molecule has 1 saturated carbocycles. The van der Waals surface area contributed by atoms with Gasteiger partial charge in [-0.05, 0) is 31.0 Å². The predicted octanol–water partition coefficient (Wildman–Crippen LogP) is 1.43. The van der Waals surface area contributed by atoms with Crippen LogP contribution in [-0.2, 0) is 0 Å². The molecule has 2 heterocycles. The highest BCUT2D eigenvalue weighted by atomic mass is 15.3. The molecule has 17 heavy (non-hydrogen) atoms. The average Bonchev–Trinajstić information content (AvgIpc) is 3.07. The first-order valence-electron chi connectivity index (χ1n) is 5.61. The second kappa shape index (κ2) is 3.69. The molecule has 5 heteroatoms. The second-order valence-electron chi connectivity index (χ2n) is 4.25. The Morgan fingerprint density at radius 2 is 2.18 bits per heavy atom. The molecule has 86 valence electrons. The highest BCUT2D eigenvalue weighted by Crippen LogP contribution is 2.38. The first kappa shape index (κ1) is 10.0. The van der Waals surface area contributed by atoms with Crippen molar-refractivity contribution in [2.24, 2.45) is 5.73 Å². The van der Waals surface area contributed by atoms with Crippen LogP contribution in [-0.4, -0.2) is 20.6 Å². The number of pyridine rings is 1. The number of nitrogen functional groups attached to an aromatic ring is 1. The lowest BCUT2D eigenvalue weighted by Gasteiger charge is -2.02. The van der Waals surface area contributed by atoms with Gasteiger partial charge < -0.3 is 5.73 Å². The van der Waals surface area contributed by atoms with E-state index in [9.17, 15) is 0 Å². The van der Waals surface area contributed by atoms with Crippen molar-refractivity contribution in [3.63, 3.8) is 0 Å². The van der Waals surface area contributed by atoms with E-state index in [1.807, 2.05) is 24.4 Å². The van der Waals surface area contributed by atoms with Gasteiger partial charge in [0, 0.05) is 12.1 Å². The summed E-state index contributed by atoms with van der Waals surface area (Å²) in [5, 5.41) is 11.8. The first-order valence-corrected chi connectivity index (χ1v) is 5.61. The summed E-state index contributed by atoms with van der Waals surface area (Å²) >= 11 is 0. The van der Waals surface area contributed by atoms with E-state index >= 15 is 0 Å². The lowest BCUT2D eigenvalue weighted by molar-refractivity contribution is 0.811. The number of nitrogens with two attached hydrogens (primary N) is 1. The maximum absolute atomic E-state index is 7.36. The minimum atomic E-state index is -0.0265. The van der Waals surface area contributed by atoms with E-state index < -0.39 is 0 Å². The molecule has 0 aliphatic heterocycles. The van der Waals surface area contributed by atoms with Gasteiger partial charge in [0.1, 0.15) is 11.5 Å². The minimum absolute atomic E-state index is 0.0265. The van der Waals surface area contributed by atoms with Crippen molar-refractivity contribution in [3.8, 4) is 5.82 Å². The predicted molar refractivity (Wildman–Crippen MR) is 64.4 cm³/mol. The number of hydrogen-bond donors (Lipinski definition) is 2. The molecule has 1 fully saturated rings. The molecule has 5 nitrogen and oxygen atoms in total. The number of amidine groups is 1. The smallest absolute Gasteiger partial charge is 0.154 e. The van der Waals surface area contributed by atoms with Crippen LogP contribution >= 0.6 is 0 Å². The maximum Gasteiger partial charge on any atom is 0.154 e. The van der Waals surface area contributed by atoms with Crippen molar-refractivity contribution in [2.45, 2.75) is 18.8 Å². The van der Waals surface area contributed by atoms with E-state index in [-0.39, 0.29) is 5.84 Å². The molecular formula is C12H13N5. The topological polar surface area (TPSA) is 80.6 Å². The standard InChI is InChI=1S/C12H13N5/c13-12(14)10-2-1-3-11(15-10)17-7-6-9(16-17)8-4-5-8/h1-3,6-8H,4-5H2,(H3,13,14). The summed E-state index contributed by atoms with van der Waals surface area (Å²) in [4.78, 5) is 4.29. The van der Waals surface area contributed by atoms with Crippen molar-refractivity contribution in [1.29, 1.82) is 5.41 Å². The van der Waals surface area contributed by atoms with Gasteiger partial charge in [-0.15, -0.1) is 0 Å². The largest absolute Gasteiger partial charge is 0.382 e. The molecular weight excluding hydrogens is 214 g/mol. The summed E-state index contributed by atoms with van der Waals surface area (Å²) < 4.78 is 1.74. The second-order valence-corrected chi connectivity index (χ2v) is 4.25. The fourth-order valence-corrected chi connectivity index (χ4v) is 1.76. The quantitative estimate of drug-likeness (QED) is 0.614. The van der Waals surface area contributed by atoms with Gasteiger partial charge in [0.15, 0.2) is 5.82 Å². The van der Waals surface area contributed by atoms with E-state index in [2.05, 4.69) is 10.1 Å². The Kier molecular flexibility index (Phi) is 2.18. The Morgan fingerprint density at radius 1 is 1.35 bits per heavy atom. The summed E-state index contributed by atoms with van der Waals surface area (Å²) in [6.07, 6.45) is 4.37. The van der Waals surface area contributed by atoms with Gasteiger partial charge in [-0.2, -0.15) is 5.10 Å². The van der Waals surface area contributed by atoms with Gasteiger partial charge >= 0.3 is 0 Å². The highest BCUT2D eigenvalue weighted by molar-refractivity contribution is 5.93. The van der Waals surface area contributed by atoms with Crippen LogP contribution in [0.1, 0.15) is 30.1 Å².